The van der Waals surface area contributed by atoms with Gasteiger partial charge in [0.25, 0.3) is 10.0 Å². The SMILES string of the molecule is O=S(=O)(Nc1cc(Cl)ccc1N1CCOCC1)c1cc(Cl)ccc1Cl. The van der Waals surface area contributed by atoms with Crippen molar-refractivity contribution in [3.05, 3.63) is 51.5 Å². The van der Waals surface area contributed by atoms with Gasteiger partial charge in [0.1, 0.15) is 4.90 Å². The van der Waals surface area contributed by atoms with Crippen LogP contribution in [-0.4, -0.2) is 34.7 Å². The van der Waals surface area contributed by atoms with E-state index in [1.165, 1.54) is 18.2 Å². The summed E-state index contributed by atoms with van der Waals surface area (Å²) in [7, 11) is -3.93. The number of sulfonamides is 1. The van der Waals surface area contributed by atoms with Gasteiger partial charge in [0.05, 0.1) is 29.6 Å². The minimum atomic E-state index is -3.93. The lowest BCUT2D eigenvalue weighted by molar-refractivity contribution is 0.123. The van der Waals surface area contributed by atoms with Crippen LogP contribution in [0, 0.1) is 0 Å². The molecule has 0 saturated carbocycles. The molecule has 0 aliphatic carbocycles. The first-order chi connectivity index (χ1) is 11.9. The molecule has 2 aromatic rings. The van der Waals surface area contributed by atoms with Gasteiger partial charge in [0, 0.05) is 23.1 Å². The lowest BCUT2D eigenvalue weighted by atomic mass is 10.2. The van der Waals surface area contributed by atoms with E-state index in [-0.39, 0.29) is 14.9 Å². The normalized spacial score (nSPS) is 15.2. The number of nitrogens with zero attached hydrogens (tertiary/aromatic N) is 1. The number of nitrogens with one attached hydrogen (secondary N) is 1. The smallest absolute Gasteiger partial charge is 0.263 e. The summed E-state index contributed by atoms with van der Waals surface area (Å²) in [5, 5.41) is 0.794. The summed E-state index contributed by atoms with van der Waals surface area (Å²) in [6.07, 6.45) is 0. The fourth-order valence-electron chi connectivity index (χ4n) is 2.55. The van der Waals surface area contributed by atoms with Crippen LogP contribution in [0.1, 0.15) is 0 Å². The maximum atomic E-state index is 12.8. The number of hydrogen-bond acceptors (Lipinski definition) is 4. The Morgan fingerprint density at radius 3 is 2.32 bits per heavy atom. The highest BCUT2D eigenvalue weighted by Crippen LogP contribution is 2.33. The molecule has 0 spiro atoms. The topological polar surface area (TPSA) is 58.6 Å². The molecule has 0 atom stereocenters. The third kappa shape index (κ3) is 4.33. The zero-order valence-corrected chi connectivity index (χ0v) is 16.1. The van der Waals surface area contributed by atoms with Crippen molar-refractivity contribution in [3.63, 3.8) is 0 Å². The van der Waals surface area contributed by atoms with Gasteiger partial charge in [-0.3, -0.25) is 4.72 Å². The molecule has 1 heterocycles. The summed E-state index contributed by atoms with van der Waals surface area (Å²) >= 11 is 18.0. The molecule has 1 fully saturated rings. The zero-order chi connectivity index (χ0) is 18.0. The van der Waals surface area contributed by atoms with Gasteiger partial charge in [-0.25, -0.2) is 8.42 Å². The van der Waals surface area contributed by atoms with Crippen molar-refractivity contribution in [2.24, 2.45) is 0 Å². The number of hydrogen-bond donors (Lipinski definition) is 1. The summed E-state index contributed by atoms with van der Waals surface area (Å²) < 4.78 is 33.5. The third-order valence-electron chi connectivity index (χ3n) is 3.74. The fraction of sp³-hybridized carbons (Fsp3) is 0.250. The van der Waals surface area contributed by atoms with Crippen LogP contribution >= 0.6 is 34.8 Å². The Morgan fingerprint density at radius 2 is 1.60 bits per heavy atom. The van der Waals surface area contributed by atoms with Crippen molar-refractivity contribution in [2.75, 3.05) is 35.9 Å². The Balaban J connectivity index is 1.99. The first kappa shape index (κ1) is 18.6. The van der Waals surface area contributed by atoms with Gasteiger partial charge >= 0.3 is 0 Å². The Kier molecular flexibility index (Phi) is 5.65. The molecule has 2 aromatic carbocycles. The molecular formula is C16H15Cl3N2O3S. The molecule has 0 aromatic heterocycles. The summed E-state index contributed by atoms with van der Waals surface area (Å²) in [5.74, 6) is 0. The van der Waals surface area contributed by atoms with E-state index in [0.717, 1.165) is 5.69 Å². The molecule has 25 heavy (non-hydrogen) atoms. The third-order valence-corrected chi connectivity index (χ3v) is 6.05. The van der Waals surface area contributed by atoms with Gasteiger partial charge in [-0.2, -0.15) is 0 Å². The highest BCUT2D eigenvalue weighted by atomic mass is 35.5. The summed E-state index contributed by atoms with van der Waals surface area (Å²) in [6, 6.07) is 9.36. The van der Waals surface area contributed by atoms with E-state index in [0.29, 0.717) is 37.0 Å². The van der Waals surface area contributed by atoms with Crippen molar-refractivity contribution < 1.29 is 13.2 Å². The van der Waals surface area contributed by atoms with E-state index in [1.54, 1.807) is 18.2 Å². The van der Waals surface area contributed by atoms with E-state index in [4.69, 9.17) is 39.5 Å². The largest absolute Gasteiger partial charge is 0.378 e. The molecule has 5 nitrogen and oxygen atoms in total. The number of morpholine rings is 1. The molecule has 1 aliphatic rings. The second-order valence-corrected chi connectivity index (χ2v) is 8.37. The Bertz CT molecular complexity index is 884. The molecule has 1 saturated heterocycles. The highest BCUT2D eigenvalue weighted by Gasteiger charge is 2.22. The van der Waals surface area contributed by atoms with E-state index >= 15 is 0 Å². The Labute approximate surface area is 161 Å². The number of ether oxygens (including phenoxy) is 1. The highest BCUT2D eigenvalue weighted by molar-refractivity contribution is 7.92. The maximum Gasteiger partial charge on any atom is 0.263 e. The second kappa shape index (κ2) is 7.60. The van der Waals surface area contributed by atoms with Gasteiger partial charge in [0.15, 0.2) is 0 Å². The fourth-order valence-corrected chi connectivity index (χ4v) is 4.55. The standard InChI is InChI=1S/C16H15Cl3N2O3S/c17-11-2-4-15(21-5-7-24-8-6-21)14(9-11)20-25(22,23)16-10-12(18)1-3-13(16)19/h1-4,9-10,20H,5-8H2. The molecule has 0 bridgehead atoms. The first-order valence-corrected chi connectivity index (χ1v) is 10.1. The van der Waals surface area contributed by atoms with Gasteiger partial charge in [-0.15, -0.1) is 0 Å². The quantitative estimate of drug-likeness (QED) is 0.800. The van der Waals surface area contributed by atoms with Crippen LogP contribution in [0.4, 0.5) is 11.4 Å². The van der Waals surface area contributed by atoms with E-state index < -0.39 is 10.0 Å². The van der Waals surface area contributed by atoms with Crippen molar-refractivity contribution in [1.29, 1.82) is 0 Å². The van der Waals surface area contributed by atoms with Crippen LogP contribution in [0.3, 0.4) is 0 Å². The monoisotopic (exact) mass is 420 g/mol. The molecule has 0 unspecified atom stereocenters. The summed E-state index contributed by atoms with van der Waals surface area (Å²) in [6.45, 7) is 2.48. The van der Waals surface area contributed by atoms with Crippen LogP contribution < -0.4 is 9.62 Å². The van der Waals surface area contributed by atoms with Crippen molar-refractivity contribution in [1.82, 2.24) is 0 Å². The maximum absolute atomic E-state index is 12.8. The summed E-state index contributed by atoms with van der Waals surface area (Å²) in [5.41, 5.74) is 1.11. The van der Waals surface area contributed by atoms with Crippen LogP contribution in [0.2, 0.25) is 15.1 Å². The average molecular weight is 422 g/mol. The van der Waals surface area contributed by atoms with Crippen LogP contribution in [0.15, 0.2) is 41.3 Å². The Hall–Kier alpha value is -1.18. The van der Waals surface area contributed by atoms with Gasteiger partial charge in [-0.1, -0.05) is 34.8 Å². The molecule has 1 aliphatic heterocycles. The van der Waals surface area contributed by atoms with E-state index in [9.17, 15) is 8.42 Å². The molecule has 0 amide bonds. The predicted octanol–water partition coefficient (Wildman–Crippen LogP) is 4.28. The van der Waals surface area contributed by atoms with Crippen molar-refractivity contribution in [2.45, 2.75) is 4.90 Å². The number of benzene rings is 2. The minimum absolute atomic E-state index is 0.0884. The minimum Gasteiger partial charge on any atom is -0.378 e. The molecule has 3 rings (SSSR count). The first-order valence-electron chi connectivity index (χ1n) is 7.47. The summed E-state index contributed by atoms with van der Waals surface area (Å²) in [4.78, 5) is 1.95. The molecular weight excluding hydrogens is 407 g/mol. The van der Waals surface area contributed by atoms with E-state index in [1.807, 2.05) is 4.90 Å². The van der Waals surface area contributed by atoms with E-state index in [2.05, 4.69) is 4.72 Å². The molecule has 134 valence electrons. The molecule has 9 heteroatoms. The Morgan fingerprint density at radius 1 is 0.960 bits per heavy atom. The average Bonchev–Trinajstić information content (AvgIpc) is 2.57. The lowest BCUT2D eigenvalue weighted by Gasteiger charge is -2.30. The van der Waals surface area contributed by atoms with Crippen LogP contribution in [0.25, 0.3) is 0 Å². The van der Waals surface area contributed by atoms with Gasteiger partial charge in [-0.05, 0) is 36.4 Å². The second-order valence-electron chi connectivity index (χ2n) is 5.44. The van der Waals surface area contributed by atoms with Gasteiger partial charge in [0.2, 0.25) is 0 Å². The number of halogens is 3. The molecule has 0 radical (unpaired) electrons. The van der Waals surface area contributed by atoms with Crippen LogP contribution in [0.5, 0.6) is 0 Å². The predicted molar refractivity (Wildman–Crippen MR) is 102 cm³/mol. The molecule has 1 N–H and O–H groups in total. The van der Waals surface area contributed by atoms with Crippen molar-refractivity contribution >= 4 is 56.2 Å². The zero-order valence-electron chi connectivity index (χ0n) is 13.0. The van der Waals surface area contributed by atoms with Crippen molar-refractivity contribution in [3.8, 4) is 0 Å². The number of anilines is 2. The van der Waals surface area contributed by atoms with Crippen LogP contribution in [-0.2, 0) is 14.8 Å². The number of rotatable bonds is 4. The lowest BCUT2D eigenvalue weighted by Crippen LogP contribution is -2.36. The van der Waals surface area contributed by atoms with Gasteiger partial charge < -0.3 is 9.64 Å².